The van der Waals surface area contributed by atoms with Crippen molar-refractivity contribution in [3.05, 3.63) is 16.9 Å². The highest BCUT2D eigenvalue weighted by molar-refractivity contribution is 6.31. The summed E-state index contributed by atoms with van der Waals surface area (Å²) in [4.78, 5) is 11.4. The van der Waals surface area contributed by atoms with E-state index in [0.717, 1.165) is 38.0 Å². The number of primary amides is 1. The van der Waals surface area contributed by atoms with E-state index in [1.807, 2.05) is 31.6 Å². The van der Waals surface area contributed by atoms with E-state index in [0.29, 0.717) is 5.02 Å². The molecule has 1 atom stereocenters. The Morgan fingerprint density at radius 2 is 2.26 bits per heavy atom. The molecule has 1 heterocycles. The predicted octanol–water partition coefficient (Wildman–Crippen LogP) is 1.87. The minimum atomic E-state index is -0.619. The van der Waals surface area contributed by atoms with Crippen molar-refractivity contribution in [2.24, 2.45) is 5.73 Å². The second kappa shape index (κ2) is 6.91. The third-order valence-electron chi connectivity index (χ3n) is 3.31. The summed E-state index contributed by atoms with van der Waals surface area (Å²) in [6.07, 6.45) is 4.40. The van der Waals surface area contributed by atoms with Crippen molar-refractivity contribution >= 4 is 17.5 Å². The predicted molar refractivity (Wildman–Crippen MR) is 77.1 cm³/mol. The zero-order valence-corrected chi connectivity index (χ0v) is 12.6. The molecule has 3 N–H and O–H groups in total. The van der Waals surface area contributed by atoms with Gasteiger partial charge in [0.15, 0.2) is 0 Å². The van der Waals surface area contributed by atoms with Crippen LogP contribution in [-0.2, 0) is 11.3 Å². The van der Waals surface area contributed by atoms with E-state index in [1.54, 1.807) is 0 Å². The molecule has 1 aromatic heterocycles. The standard InChI is InChI=1S/C13H23ClN4O/c1-4-16-13(3,12(15)19)7-5-6-8-18-9-11(14)10(2)17-18/h9,16H,4-8H2,1-3H3,(H2,15,19). The van der Waals surface area contributed by atoms with E-state index in [-0.39, 0.29) is 5.91 Å². The fourth-order valence-corrected chi connectivity index (χ4v) is 2.20. The fraction of sp³-hybridized carbons (Fsp3) is 0.692. The Bertz CT molecular complexity index is 413. The molecule has 1 aromatic rings. The lowest BCUT2D eigenvalue weighted by Gasteiger charge is -2.26. The Balaban J connectivity index is 2.39. The highest BCUT2D eigenvalue weighted by atomic mass is 35.5. The van der Waals surface area contributed by atoms with Gasteiger partial charge in [-0.2, -0.15) is 5.10 Å². The van der Waals surface area contributed by atoms with Gasteiger partial charge in [-0.25, -0.2) is 0 Å². The van der Waals surface area contributed by atoms with E-state index >= 15 is 0 Å². The quantitative estimate of drug-likeness (QED) is 0.717. The fourth-order valence-electron chi connectivity index (χ4n) is 2.05. The summed E-state index contributed by atoms with van der Waals surface area (Å²) in [5.74, 6) is -0.299. The molecule has 0 bridgehead atoms. The topological polar surface area (TPSA) is 72.9 Å². The number of rotatable bonds is 8. The van der Waals surface area contributed by atoms with E-state index in [4.69, 9.17) is 17.3 Å². The summed E-state index contributed by atoms with van der Waals surface area (Å²) >= 11 is 5.94. The maximum absolute atomic E-state index is 11.4. The number of nitrogens with zero attached hydrogens (tertiary/aromatic N) is 2. The molecule has 0 aliphatic rings. The van der Waals surface area contributed by atoms with Crippen LogP contribution in [0.25, 0.3) is 0 Å². The number of nitrogens with two attached hydrogens (primary N) is 1. The second-order valence-electron chi connectivity index (χ2n) is 5.01. The summed E-state index contributed by atoms with van der Waals surface area (Å²) in [6, 6.07) is 0. The lowest BCUT2D eigenvalue weighted by atomic mass is 9.94. The van der Waals surface area contributed by atoms with Crippen LogP contribution in [0.5, 0.6) is 0 Å². The van der Waals surface area contributed by atoms with Gasteiger partial charge in [0.1, 0.15) is 0 Å². The highest BCUT2D eigenvalue weighted by Gasteiger charge is 2.28. The van der Waals surface area contributed by atoms with Crippen molar-refractivity contribution in [2.45, 2.75) is 52.1 Å². The number of halogens is 1. The molecule has 0 radical (unpaired) electrons. The third kappa shape index (κ3) is 4.51. The first-order valence-electron chi connectivity index (χ1n) is 6.63. The number of aromatic nitrogens is 2. The summed E-state index contributed by atoms with van der Waals surface area (Å²) in [5, 5.41) is 8.13. The van der Waals surface area contributed by atoms with E-state index < -0.39 is 5.54 Å². The van der Waals surface area contributed by atoms with Crippen molar-refractivity contribution in [3.63, 3.8) is 0 Å². The Kier molecular flexibility index (Phi) is 5.82. The molecular weight excluding hydrogens is 264 g/mol. The molecule has 0 spiro atoms. The van der Waals surface area contributed by atoms with Crippen LogP contribution in [0.2, 0.25) is 5.02 Å². The first kappa shape index (κ1) is 16.0. The number of hydrogen-bond acceptors (Lipinski definition) is 3. The van der Waals surface area contributed by atoms with Gasteiger partial charge in [0.25, 0.3) is 0 Å². The molecule has 1 unspecified atom stereocenters. The molecule has 0 saturated carbocycles. The lowest BCUT2D eigenvalue weighted by Crippen LogP contribution is -2.52. The molecular formula is C13H23ClN4O. The normalized spacial score (nSPS) is 14.3. The van der Waals surface area contributed by atoms with Gasteiger partial charge in [0.05, 0.1) is 16.3 Å². The Morgan fingerprint density at radius 1 is 1.58 bits per heavy atom. The maximum atomic E-state index is 11.4. The van der Waals surface area contributed by atoms with Gasteiger partial charge in [0.2, 0.25) is 5.91 Å². The van der Waals surface area contributed by atoms with Gasteiger partial charge < -0.3 is 11.1 Å². The number of likely N-dealkylation sites (N-methyl/N-ethyl adjacent to an activating group) is 1. The molecule has 0 aliphatic heterocycles. The van der Waals surface area contributed by atoms with Crippen molar-refractivity contribution in [3.8, 4) is 0 Å². The van der Waals surface area contributed by atoms with Gasteiger partial charge in [-0.05, 0) is 39.7 Å². The SMILES string of the molecule is CCNC(C)(CCCCn1cc(Cl)c(C)n1)C(N)=O. The van der Waals surface area contributed by atoms with E-state index in [9.17, 15) is 4.79 Å². The first-order valence-corrected chi connectivity index (χ1v) is 7.01. The number of nitrogens with one attached hydrogen (secondary N) is 1. The van der Waals surface area contributed by atoms with Crippen molar-refractivity contribution < 1.29 is 4.79 Å². The van der Waals surface area contributed by atoms with Crippen molar-refractivity contribution in [1.82, 2.24) is 15.1 Å². The molecule has 0 fully saturated rings. The Labute approximate surface area is 119 Å². The molecule has 108 valence electrons. The number of unbranched alkanes of at least 4 members (excludes halogenated alkanes) is 1. The van der Waals surface area contributed by atoms with Crippen LogP contribution in [0.4, 0.5) is 0 Å². The monoisotopic (exact) mass is 286 g/mol. The van der Waals surface area contributed by atoms with Crippen LogP contribution in [0.3, 0.4) is 0 Å². The number of carbonyl (C=O) groups is 1. The highest BCUT2D eigenvalue weighted by Crippen LogP contribution is 2.15. The summed E-state index contributed by atoms with van der Waals surface area (Å²) < 4.78 is 1.84. The van der Waals surface area contributed by atoms with Crippen LogP contribution in [0.15, 0.2) is 6.20 Å². The van der Waals surface area contributed by atoms with Crippen LogP contribution < -0.4 is 11.1 Å². The van der Waals surface area contributed by atoms with Crippen LogP contribution in [-0.4, -0.2) is 27.8 Å². The van der Waals surface area contributed by atoms with Crippen LogP contribution in [0.1, 0.15) is 38.8 Å². The molecule has 0 saturated heterocycles. The summed E-state index contributed by atoms with van der Waals surface area (Å²) in [5.41, 5.74) is 5.66. The van der Waals surface area contributed by atoms with Gasteiger partial charge in [-0.3, -0.25) is 9.48 Å². The molecule has 6 heteroatoms. The molecule has 0 aliphatic carbocycles. The molecule has 1 amide bonds. The van der Waals surface area contributed by atoms with Crippen LogP contribution >= 0.6 is 11.6 Å². The zero-order valence-electron chi connectivity index (χ0n) is 11.9. The Morgan fingerprint density at radius 3 is 2.74 bits per heavy atom. The Hall–Kier alpha value is -1.07. The van der Waals surface area contributed by atoms with Crippen molar-refractivity contribution in [1.29, 1.82) is 0 Å². The molecule has 0 aromatic carbocycles. The molecule has 1 rings (SSSR count). The number of hydrogen-bond donors (Lipinski definition) is 2. The van der Waals surface area contributed by atoms with Crippen LogP contribution in [0, 0.1) is 6.92 Å². The number of amides is 1. The smallest absolute Gasteiger partial charge is 0.237 e. The average molecular weight is 287 g/mol. The zero-order chi connectivity index (χ0) is 14.5. The van der Waals surface area contributed by atoms with Gasteiger partial charge in [0, 0.05) is 12.7 Å². The largest absolute Gasteiger partial charge is 0.368 e. The first-order chi connectivity index (χ1) is 8.89. The van der Waals surface area contributed by atoms with Gasteiger partial charge in [-0.15, -0.1) is 0 Å². The maximum Gasteiger partial charge on any atom is 0.237 e. The van der Waals surface area contributed by atoms with Gasteiger partial charge in [-0.1, -0.05) is 18.5 Å². The molecule has 19 heavy (non-hydrogen) atoms. The van der Waals surface area contributed by atoms with Crippen molar-refractivity contribution in [2.75, 3.05) is 6.54 Å². The second-order valence-corrected chi connectivity index (χ2v) is 5.42. The minimum absolute atomic E-state index is 0.299. The summed E-state index contributed by atoms with van der Waals surface area (Å²) in [7, 11) is 0. The number of aryl methyl sites for hydroxylation is 2. The number of carbonyl (C=O) groups excluding carboxylic acids is 1. The van der Waals surface area contributed by atoms with Gasteiger partial charge >= 0.3 is 0 Å². The average Bonchev–Trinajstić information content (AvgIpc) is 2.65. The summed E-state index contributed by atoms with van der Waals surface area (Å²) in [6.45, 7) is 7.24. The molecule has 5 nitrogen and oxygen atoms in total. The van der Waals surface area contributed by atoms with E-state index in [2.05, 4.69) is 10.4 Å². The van der Waals surface area contributed by atoms with E-state index in [1.165, 1.54) is 0 Å². The lowest BCUT2D eigenvalue weighted by molar-refractivity contribution is -0.124. The third-order valence-corrected chi connectivity index (χ3v) is 3.68. The minimum Gasteiger partial charge on any atom is -0.368 e.